The first-order chi connectivity index (χ1) is 7.49. The van der Waals surface area contributed by atoms with Gasteiger partial charge in [-0.05, 0) is 12.1 Å². The summed E-state index contributed by atoms with van der Waals surface area (Å²) < 4.78 is 44.0. The number of hydrogen-bond donors (Lipinski definition) is 0. The molecule has 0 radical (unpaired) electrons. The summed E-state index contributed by atoms with van der Waals surface area (Å²) in [7, 11) is 2.72. The number of ether oxygens (including phenoxy) is 2. The van der Waals surface area contributed by atoms with Crippen LogP contribution in [-0.4, -0.2) is 28.8 Å². The fourth-order valence-electron chi connectivity index (χ4n) is 1.07. The van der Waals surface area contributed by atoms with Crippen molar-refractivity contribution in [3.8, 4) is 11.5 Å². The molecule has 0 amide bonds. The minimum Gasteiger partial charge on any atom is -0.493 e. The first-order valence-corrected chi connectivity index (χ1v) is 6.61. The van der Waals surface area contributed by atoms with Gasteiger partial charge in [-0.3, -0.25) is 0 Å². The van der Waals surface area contributed by atoms with Crippen LogP contribution in [0.2, 0.25) is 0 Å². The Hall–Kier alpha value is -1.01. The Bertz CT molecular complexity index is 461. The summed E-state index contributed by atoms with van der Waals surface area (Å²) in [5.41, 5.74) is 0. The van der Waals surface area contributed by atoms with Crippen LogP contribution in [0.1, 0.15) is 0 Å². The number of hydrogen-bond acceptors (Lipinski definition) is 4. The summed E-state index contributed by atoms with van der Waals surface area (Å²) in [4.78, 5) is -0.121. The maximum atomic E-state index is 11.9. The lowest BCUT2D eigenvalue weighted by Crippen LogP contribution is -2.02. The Kier molecular flexibility index (Phi) is 4.37. The topological polar surface area (TPSA) is 52.6 Å². The van der Waals surface area contributed by atoms with Crippen LogP contribution >= 0.6 is 10.7 Å². The molecule has 1 aromatic rings. The van der Waals surface area contributed by atoms with Crippen molar-refractivity contribution in [1.82, 2.24) is 0 Å². The molecule has 0 aromatic heterocycles. The average Bonchev–Trinajstić information content (AvgIpc) is 2.24. The van der Waals surface area contributed by atoms with Gasteiger partial charge < -0.3 is 9.47 Å². The molecule has 0 unspecified atom stereocenters. The normalized spacial score (nSPS) is 11.2. The van der Waals surface area contributed by atoms with Crippen molar-refractivity contribution in [1.29, 1.82) is 0 Å². The molecule has 0 bridgehead atoms. The molecule has 0 aliphatic heterocycles. The second-order valence-corrected chi connectivity index (χ2v) is 5.35. The lowest BCUT2D eigenvalue weighted by Gasteiger charge is -2.10. The van der Waals surface area contributed by atoms with E-state index in [0.29, 0.717) is 5.75 Å². The van der Waals surface area contributed by atoms with Gasteiger partial charge in [-0.15, -0.1) is 0 Å². The standard InChI is InChI=1S/C9H10ClFO4S/c1-14-8-3-2-7(16(10,12)13)6-9(8)15-5-4-11/h2-3,6H,4-5H2,1H3. The Balaban J connectivity index is 3.11. The molecule has 0 atom stereocenters. The van der Waals surface area contributed by atoms with Crippen LogP contribution < -0.4 is 9.47 Å². The third-order valence-electron chi connectivity index (χ3n) is 1.75. The van der Waals surface area contributed by atoms with Gasteiger partial charge in [0, 0.05) is 16.7 Å². The summed E-state index contributed by atoms with van der Waals surface area (Å²) in [6.07, 6.45) is 0. The molecule has 1 rings (SSSR count). The summed E-state index contributed by atoms with van der Waals surface area (Å²) in [5, 5.41) is 0. The molecule has 0 saturated heterocycles. The van der Waals surface area contributed by atoms with E-state index in [0.717, 1.165) is 0 Å². The van der Waals surface area contributed by atoms with Crippen molar-refractivity contribution in [2.75, 3.05) is 20.4 Å². The fourth-order valence-corrected chi connectivity index (χ4v) is 1.84. The van der Waals surface area contributed by atoms with Gasteiger partial charge in [-0.2, -0.15) is 0 Å². The lowest BCUT2D eigenvalue weighted by atomic mass is 10.3. The van der Waals surface area contributed by atoms with Crippen LogP contribution in [0.15, 0.2) is 23.1 Å². The highest BCUT2D eigenvalue weighted by Crippen LogP contribution is 2.30. The Morgan fingerprint density at radius 2 is 2.06 bits per heavy atom. The molecule has 90 valence electrons. The van der Waals surface area contributed by atoms with Crippen molar-refractivity contribution in [3.05, 3.63) is 18.2 Å². The second-order valence-electron chi connectivity index (χ2n) is 2.79. The monoisotopic (exact) mass is 268 g/mol. The minimum absolute atomic E-state index is 0.121. The smallest absolute Gasteiger partial charge is 0.261 e. The molecule has 0 heterocycles. The van der Waals surface area contributed by atoms with E-state index in [-0.39, 0.29) is 17.3 Å². The van der Waals surface area contributed by atoms with Crippen LogP contribution in [0.25, 0.3) is 0 Å². The molecule has 0 spiro atoms. The van der Waals surface area contributed by atoms with Crippen LogP contribution in [-0.2, 0) is 9.05 Å². The van der Waals surface area contributed by atoms with Gasteiger partial charge >= 0.3 is 0 Å². The van der Waals surface area contributed by atoms with Crippen molar-refractivity contribution in [2.24, 2.45) is 0 Å². The summed E-state index contributed by atoms with van der Waals surface area (Å²) in [6.45, 7) is -0.858. The van der Waals surface area contributed by atoms with Gasteiger partial charge in [0.25, 0.3) is 9.05 Å². The van der Waals surface area contributed by atoms with Gasteiger partial charge in [-0.1, -0.05) is 0 Å². The highest BCUT2D eigenvalue weighted by atomic mass is 35.7. The molecule has 1 aromatic carbocycles. The molecular formula is C9H10ClFO4S. The highest BCUT2D eigenvalue weighted by Gasteiger charge is 2.14. The van der Waals surface area contributed by atoms with Crippen LogP contribution in [0, 0.1) is 0 Å². The SMILES string of the molecule is COc1ccc(S(=O)(=O)Cl)cc1OCCF. The molecule has 0 N–H and O–H groups in total. The predicted octanol–water partition coefficient (Wildman–Crippen LogP) is 1.97. The van der Waals surface area contributed by atoms with Gasteiger partial charge in [-0.25, -0.2) is 12.8 Å². The molecule has 0 aliphatic rings. The molecule has 0 saturated carbocycles. The molecule has 16 heavy (non-hydrogen) atoms. The van der Waals surface area contributed by atoms with E-state index in [1.807, 2.05) is 0 Å². The number of benzene rings is 1. The maximum absolute atomic E-state index is 11.9. The summed E-state index contributed by atoms with van der Waals surface area (Å²) >= 11 is 0. The Morgan fingerprint density at radius 1 is 1.38 bits per heavy atom. The number of alkyl halides is 1. The average molecular weight is 269 g/mol. The van der Waals surface area contributed by atoms with Crippen molar-refractivity contribution in [3.63, 3.8) is 0 Å². The van der Waals surface area contributed by atoms with Crippen LogP contribution in [0.3, 0.4) is 0 Å². The first kappa shape index (κ1) is 13.1. The van der Waals surface area contributed by atoms with Gasteiger partial charge in [0.1, 0.15) is 13.3 Å². The largest absolute Gasteiger partial charge is 0.493 e. The van der Waals surface area contributed by atoms with E-state index in [9.17, 15) is 12.8 Å². The van der Waals surface area contributed by atoms with E-state index in [1.54, 1.807) is 0 Å². The number of rotatable bonds is 5. The molecule has 0 aliphatic carbocycles. The van der Waals surface area contributed by atoms with Crippen molar-refractivity contribution in [2.45, 2.75) is 4.90 Å². The molecule has 7 heteroatoms. The number of methoxy groups -OCH3 is 1. The predicted molar refractivity (Wildman–Crippen MR) is 57.5 cm³/mol. The second kappa shape index (κ2) is 5.36. The third kappa shape index (κ3) is 3.24. The van der Waals surface area contributed by atoms with Crippen molar-refractivity contribution >= 4 is 19.7 Å². The third-order valence-corrected chi connectivity index (χ3v) is 3.10. The maximum Gasteiger partial charge on any atom is 0.261 e. The minimum atomic E-state index is -3.83. The quantitative estimate of drug-likeness (QED) is 0.766. The zero-order chi connectivity index (χ0) is 12.2. The van der Waals surface area contributed by atoms with Gasteiger partial charge in [0.15, 0.2) is 11.5 Å². The lowest BCUT2D eigenvalue weighted by molar-refractivity contribution is 0.259. The summed E-state index contributed by atoms with van der Waals surface area (Å²) in [5.74, 6) is 0.458. The fraction of sp³-hybridized carbons (Fsp3) is 0.333. The zero-order valence-corrected chi connectivity index (χ0v) is 10.0. The van der Waals surface area contributed by atoms with E-state index >= 15 is 0 Å². The number of halogens is 2. The van der Waals surface area contributed by atoms with Crippen molar-refractivity contribution < 1.29 is 22.3 Å². The molecule has 0 fully saturated rings. The molecule has 4 nitrogen and oxygen atoms in total. The van der Waals surface area contributed by atoms with Gasteiger partial charge in [0.2, 0.25) is 0 Å². The zero-order valence-electron chi connectivity index (χ0n) is 8.44. The summed E-state index contributed by atoms with van der Waals surface area (Å²) in [6, 6.07) is 3.86. The van der Waals surface area contributed by atoms with E-state index < -0.39 is 15.7 Å². The van der Waals surface area contributed by atoms with Gasteiger partial charge in [0.05, 0.1) is 12.0 Å². The Morgan fingerprint density at radius 3 is 2.56 bits per heavy atom. The first-order valence-electron chi connectivity index (χ1n) is 4.30. The van der Waals surface area contributed by atoms with Crippen LogP contribution in [0.5, 0.6) is 11.5 Å². The highest BCUT2D eigenvalue weighted by molar-refractivity contribution is 8.13. The molecular weight excluding hydrogens is 259 g/mol. The van der Waals surface area contributed by atoms with E-state index in [4.69, 9.17) is 20.2 Å². The van der Waals surface area contributed by atoms with Crippen LogP contribution in [0.4, 0.5) is 4.39 Å². The Labute approximate surface area is 97.4 Å². The van der Waals surface area contributed by atoms with E-state index in [2.05, 4.69) is 0 Å². The van der Waals surface area contributed by atoms with E-state index in [1.165, 1.54) is 25.3 Å².